The molecule has 1 saturated heterocycles. The lowest BCUT2D eigenvalue weighted by Crippen LogP contribution is -2.64. The molecule has 0 aromatic rings. The monoisotopic (exact) mass is 260 g/mol. The van der Waals surface area contributed by atoms with Gasteiger partial charge in [0.25, 0.3) is 0 Å². The minimum absolute atomic E-state index is 0.358. The van der Waals surface area contributed by atoms with Gasteiger partial charge < -0.3 is 14.8 Å². The van der Waals surface area contributed by atoms with Gasteiger partial charge in [-0.2, -0.15) is 0 Å². The zero-order valence-corrected chi connectivity index (χ0v) is 11.8. The molecule has 6 heteroatoms. The fraction of sp³-hybridized carbons (Fsp3) is 0.917. The van der Waals surface area contributed by atoms with Gasteiger partial charge in [-0.25, -0.2) is 10.7 Å². The van der Waals surface area contributed by atoms with E-state index in [-0.39, 0.29) is 0 Å². The van der Waals surface area contributed by atoms with Crippen LogP contribution in [0.25, 0.3) is 0 Å². The quantitative estimate of drug-likeness (QED) is 0.748. The number of amides is 1. The van der Waals surface area contributed by atoms with Crippen molar-refractivity contribution in [1.82, 2.24) is 5.32 Å². The maximum Gasteiger partial charge on any atom is 0.408 e. The van der Waals surface area contributed by atoms with Crippen molar-refractivity contribution < 1.29 is 19.1 Å². The normalized spacial score (nSPS) is 25.0. The van der Waals surface area contributed by atoms with Gasteiger partial charge in [0.05, 0.1) is 12.1 Å². The van der Waals surface area contributed by atoms with Crippen LogP contribution in [0.1, 0.15) is 41.0 Å². The summed E-state index contributed by atoms with van der Waals surface area (Å²) in [7, 11) is 0. The SMILES string of the molecule is CC(C)(C)OC(=O)NC1(C(C)(C)ON)CCOC1. The second-order valence-electron chi connectivity index (χ2n) is 6.14. The molecular formula is C12H24N2O4. The molecule has 1 heterocycles. The molecule has 1 unspecified atom stereocenters. The molecule has 0 aromatic carbocycles. The van der Waals surface area contributed by atoms with Gasteiger partial charge in [0.1, 0.15) is 11.2 Å². The van der Waals surface area contributed by atoms with Crippen LogP contribution in [0.5, 0.6) is 0 Å². The Balaban J connectivity index is 2.79. The fourth-order valence-electron chi connectivity index (χ4n) is 1.90. The molecule has 1 aliphatic rings. The summed E-state index contributed by atoms with van der Waals surface area (Å²) in [5, 5.41) is 2.85. The Morgan fingerprint density at radius 2 is 1.94 bits per heavy atom. The number of nitrogens with one attached hydrogen (secondary N) is 1. The highest BCUT2D eigenvalue weighted by molar-refractivity contribution is 5.69. The largest absolute Gasteiger partial charge is 0.444 e. The summed E-state index contributed by atoms with van der Waals surface area (Å²) in [6.45, 7) is 10.00. The highest BCUT2D eigenvalue weighted by Gasteiger charge is 2.50. The Morgan fingerprint density at radius 3 is 2.33 bits per heavy atom. The molecule has 1 atom stereocenters. The van der Waals surface area contributed by atoms with E-state index in [1.165, 1.54) is 0 Å². The third kappa shape index (κ3) is 3.34. The van der Waals surface area contributed by atoms with Crippen molar-refractivity contribution >= 4 is 6.09 Å². The standard InChI is InChI=1S/C12H24N2O4/c1-10(2,3)17-9(15)14-12(6-7-16-8-12)11(4,5)18-13/h6-8,13H2,1-5H3,(H,14,15). The van der Waals surface area contributed by atoms with Gasteiger partial charge in [-0.3, -0.25) is 4.84 Å². The van der Waals surface area contributed by atoms with Gasteiger partial charge in [0.2, 0.25) is 0 Å². The van der Waals surface area contributed by atoms with Crippen LogP contribution >= 0.6 is 0 Å². The molecule has 1 fully saturated rings. The molecule has 0 saturated carbocycles. The number of ether oxygens (including phenoxy) is 2. The Hall–Kier alpha value is -0.850. The Labute approximate surface area is 108 Å². The van der Waals surface area contributed by atoms with Crippen LogP contribution in [0.2, 0.25) is 0 Å². The first kappa shape index (κ1) is 15.2. The molecule has 6 nitrogen and oxygen atoms in total. The zero-order valence-electron chi connectivity index (χ0n) is 11.8. The van der Waals surface area contributed by atoms with Gasteiger partial charge in [-0.1, -0.05) is 0 Å². The molecular weight excluding hydrogens is 236 g/mol. The summed E-state index contributed by atoms with van der Waals surface area (Å²) >= 11 is 0. The Morgan fingerprint density at radius 1 is 1.33 bits per heavy atom. The highest BCUT2D eigenvalue weighted by Crippen LogP contribution is 2.32. The number of hydrogen-bond acceptors (Lipinski definition) is 5. The van der Waals surface area contributed by atoms with Crippen LogP contribution in [0.4, 0.5) is 4.79 Å². The third-order valence-electron chi connectivity index (χ3n) is 3.21. The first-order valence-electron chi connectivity index (χ1n) is 6.09. The van der Waals surface area contributed by atoms with Crippen molar-refractivity contribution in [2.75, 3.05) is 13.2 Å². The molecule has 1 rings (SSSR count). The number of rotatable bonds is 3. The fourth-order valence-corrected chi connectivity index (χ4v) is 1.90. The zero-order chi connectivity index (χ0) is 14.0. The lowest BCUT2D eigenvalue weighted by Gasteiger charge is -2.41. The van der Waals surface area contributed by atoms with Crippen molar-refractivity contribution in [2.45, 2.75) is 57.8 Å². The van der Waals surface area contributed by atoms with Gasteiger partial charge in [0, 0.05) is 6.61 Å². The van der Waals surface area contributed by atoms with Crippen molar-refractivity contribution in [1.29, 1.82) is 0 Å². The molecule has 0 radical (unpaired) electrons. The first-order valence-corrected chi connectivity index (χ1v) is 6.09. The molecule has 0 aliphatic carbocycles. The summed E-state index contributed by atoms with van der Waals surface area (Å²) in [6, 6.07) is 0. The lowest BCUT2D eigenvalue weighted by atomic mass is 9.81. The van der Waals surface area contributed by atoms with Crippen LogP contribution in [0.15, 0.2) is 0 Å². The maximum atomic E-state index is 11.9. The van der Waals surface area contributed by atoms with Crippen LogP contribution in [0.3, 0.4) is 0 Å². The molecule has 3 N–H and O–H groups in total. The number of hydrogen-bond donors (Lipinski definition) is 2. The van der Waals surface area contributed by atoms with Gasteiger partial charge >= 0.3 is 6.09 Å². The van der Waals surface area contributed by atoms with E-state index >= 15 is 0 Å². The smallest absolute Gasteiger partial charge is 0.408 e. The van der Waals surface area contributed by atoms with E-state index in [0.717, 1.165) is 0 Å². The summed E-state index contributed by atoms with van der Waals surface area (Å²) < 4.78 is 10.6. The highest BCUT2D eigenvalue weighted by atomic mass is 16.6. The summed E-state index contributed by atoms with van der Waals surface area (Å²) in [6.07, 6.45) is 0.148. The predicted octanol–water partition coefficient (Wildman–Crippen LogP) is 1.34. The maximum absolute atomic E-state index is 11.9. The number of carbonyl (C=O) groups excluding carboxylic acids is 1. The van der Waals surface area contributed by atoms with E-state index in [4.69, 9.17) is 20.2 Å². The van der Waals surface area contributed by atoms with Crippen molar-refractivity contribution in [2.24, 2.45) is 5.90 Å². The van der Waals surface area contributed by atoms with Gasteiger partial charge in [0.15, 0.2) is 0 Å². The Kier molecular flexibility index (Phi) is 4.25. The van der Waals surface area contributed by atoms with E-state index in [0.29, 0.717) is 19.6 Å². The van der Waals surface area contributed by atoms with Gasteiger partial charge in [-0.05, 0) is 41.0 Å². The average molecular weight is 260 g/mol. The van der Waals surface area contributed by atoms with Crippen LogP contribution in [-0.4, -0.2) is 36.0 Å². The molecule has 0 aromatic heterocycles. The molecule has 1 amide bonds. The van der Waals surface area contributed by atoms with Crippen LogP contribution in [-0.2, 0) is 14.3 Å². The number of alkyl carbamates (subject to hydrolysis) is 1. The lowest BCUT2D eigenvalue weighted by molar-refractivity contribution is -0.0902. The minimum Gasteiger partial charge on any atom is -0.444 e. The van der Waals surface area contributed by atoms with E-state index in [1.807, 2.05) is 34.6 Å². The molecule has 1 aliphatic heterocycles. The summed E-state index contributed by atoms with van der Waals surface area (Å²) in [4.78, 5) is 16.9. The second-order valence-corrected chi connectivity index (χ2v) is 6.14. The van der Waals surface area contributed by atoms with Crippen LogP contribution in [0, 0.1) is 0 Å². The number of nitrogens with two attached hydrogens (primary N) is 1. The van der Waals surface area contributed by atoms with Crippen molar-refractivity contribution in [3.8, 4) is 0 Å². The average Bonchev–Trinajstić information content (AvgIpc) is 2.64. The Bertz CT molecular complexity index is 304. The second kappa shape index (κ2) is 5.03. The van der Waals surface area contributed by atoms with E-state index in [1.54, 1.807) is 0 Å². The minimum atomic E-state index is -0.736. The third-order valence-corrected chi connectivity index (χ3v) is 3.21. The van der Waals surface area contributed by atoms with Crippen LogP contribution < -0.4 is 11.2 Å². The van der Waals surface area contributed by atoms with E-state index in [9.17, 15) is 4.79 Å². The topological polar surface area (TPSA) is 82.8 Å². The first-order chi connectivity index (χ1) is 8.12. The summed E-state index contributed by atoms with van der Waals surface area (Å²) in [5.41, 5.74) is -1.94. The van der Waals surface area contributed by atoms with Crippen molar-refractivity contribution in [3.63, 3.8) is 0 Å². The van der Waals surface area contributed by atoms with Crippen molar-refractivity contribution in [3.05, 3.63) is 0 Å². The molecule has 106 valence electrons. The van der Waals surface area contributed by atoms with Gasteiger partial charge in [-0.15, -0.1) is 0 Å². The molecule has 0 spiro atoms. The summed E-state index contributed by atoms with van der Waals surface area (Å²) in [5.74, 6) is 5.33. The predicted molar refractivity (Wildman–Crippen MR) is 66.9 cm³/mol. The van der Waals surface area contributed by atoms with E-state index < -0.39 is 22.8 Å². The molecule has 18 heavy (non-hydrogen) atoms. The number of carbonyl (C=O) groups is 1. The molecule has 0 bridgehead atoms. The van der Waals surface area contributed by atoms with E-state index in [2.05, 4.69) is 5.32 Å².